The molecule has 50 heavy (non-hydrogen) atoms. The van der Waals surface area contributed by atoms with Gasteiger partial charge in [-0.3, -0.25) is 28.8 Å². The van der Waals surface area contributed by atoms with E-state index >= 15 is 0 Å². The molecule has 276 valence electrons. The van der Waals surface area contributed by atoms with E-state index in [1.54, 1.807) is 38.1 Å². The van der Waals surface area contributed by atoms with Gasteiger partial charge in [-0.25, -0.2) is 9.59 Å². The molecule has 0 aromatic heterocycles. The topological polar surface area (TPSA) is 220 Å². The van der Waals surface area contributed by atoms with Gasteiger partial charge in [-0.2, -0.15) is 0 Å². The van der Waals surface area contributed by atoms with Crippen LogP contribution in [0.3, 0.4) is 0 Å². The van der Waals surface area contributed by atoms with E-state index < -0.39 is 47.6 Å². The molecule has 0 spiro atoms. The molecule has 0 bridgehead atoms. The summed E-state index contributed by atoms with van der Waals surface area (Å²) in [5.41, 5.74) is 6.37. The summed E-state index contributed by atoms with van der Waals surface area (Å²) >= 11 is 0. The minimum atomic E-state index is -0.918. The predicted molar refractivity (Wildman–Crippen MR) is 181 cm³/mol. The molecule has 0 saturated carbocycles. The van der Waals surface area contributed by atoms with Crippen LogP contribution in [0, 0.1) is 17.3 Å². The highest BCUT2D eigenvalue weighted by molar-refractivity contribution is 6.01. The van der Waals surface area contributed by atoms with Gasteiger partial charge in [0.2, 0.25) is 11.8 Å². The Kier molecular flexibility index (Phi) is 16.5. The number of Topliss-reactive ketones (excluding diaryl/α,β-unsaturated/α-hetero) is 1. The minimum absolute atomic E-state index is 0.0187. The maximum atomic E-state index is 13.5. The zero-order valence-electron chi connectivity index (χ0n) is 29.6. The molecule has 0 unspecified atom stereocenters. The number of anilines is 1. The van der Waals surface area contributed by atoms with E-state index in [9.17, 15) is 38.4 Å². The summed E-state index contributed by atoms with van der Waals surface area (Å²) in [5, 5.41) is 8.42. The summed E-state index contributed by atoms with van der Waals surface area (Å²) in [6, 6.07) is 5.14. The summed E-state index contributed by atoms with van der Waals surface area (Å²) in [4.78, 5) is 103. The van der Waals surface area contributed by atoms with Crippen LogP contribution in [-0.4, -0.2) is 65.0 Å². The third-order valence-corrected chi connectivity index (χ3v) is 7.86. The first-order valence-corrected chi connectivity index (χ1v) is 16.9. The Morgan fingerprint density at radius 2 is 1.54 bits per heavy atom. The van der Waals surface area contributed by atoms with Crippen molar-refractivity contribution in [3.05, 3.63) is 29.8 Å². The van der Waals surface area contributed by atoms with E-state index in [0.29, 0.717) is 30.0 Å². The number of ether oxygens (including phenoxy) is 1. The number of primary amides is 1. The number of nitrogens with two attached hydrogens (primary N) is 1. The number of esters is 1. The second kappa shape index (κ2) is 20.0. The van der Waals surface area contributed by atoms with Gasteiger partial charge in [0.25, 0.3) is 11.8 Å². The van der Waals surface area contributed by atoms with Crippen LogP contribution in [0.4, 0.5) is 10.5 Å². The van der Waals surface area contributed by atoms with E-state index in [-0.39, 0.29) is 81.2 Å². The van der Waals surface area contributed by atoms with Gasteiger partial charge in [0, 0.05) is 56.7 Å². The van der Waals surface area contributed by atoms with E-state index in [1.807, 2.05) is 20.8 Å². The standard InChI is InChI=1S/C35H51N5O10/c1-22(2)32(39-27(42)9-6-10-31(46)50-40-28(43)15-16-29(40)44)26(41)20-24(8-7-19-37-34(36)48)33(47)38-25-13-11-23(12-14-25)21-49-30(45)17-18-35(3,4)5/h11-14,22,24,32H,6-10,15-21H2,1-5H3,(H,38,47)(H,39,42)(H3,36,37,48)/t24-,32+/m1/s1. The number of urea groups is 1. The lowest BCUT2D eigenvalue weighted by Gasteiger charge is -2.24. The molecular weight excluding hydrogens is 650 g/mol. The van der Waals surface area contributed by atoms with Gasteiger partial charge in [-0.1, -0.05) is 46.8 Å². The first-order chi connectivity index (χ1) is 23.4. The monoisotopic (exact) mass is 701 g/mol. The number of imide groups is 1. The lowest BCUT2D eigenvalue weighted by Crippen LogP contribution is -2.45. The van der Waals surface area contributed by atoms with Crippen molar-refractivity contribution in [3.8, 4) is 0 Å². The lowest BCUT2D eigenvalue weighted by molar-refractivity contribution is -0.197. The predicted octanol–water partition coefficient (Wildman–Crippen LogP) is 3.44. The highest BCUT2D eigenvalue weighted by Gasteiger charge is 2.33. The van der Waals surface area contributed by atoms with Crippen LogP contribution < -0.4 is 21.7 Å². The van der Waals surface area contributed by atoms with Gasteiger partial charge in [0.15, 0.2) is 5.78 Å². The SMILES string of the molecule is CC(C)[C@H](NC(=O)CCCC(=O)ON1C(=O)CCC1=O)C(=O)C[C@@H](CCCNC(N)=O)C(=O)Nc1ccc(COC(=O)CCC(C)(C)C)cc1. The van der Waals surface area contributed by atoms with Gasteiger partial charge in [0.05, 0.1) is 6.04 Å². The highest BCUT2D eigenvalue weighted by atomic mass is 16.7. The first-order valence-electron chi connectivity index (χ1n) is 16.9. The van der Waals surface area contributed by atoms with Crippen molar-refractivity contribution >= 4 is 53.1 Å². The zero-order valence-corrected chi connectivity index (χ0v) is 29.6. The van der Waals surface area contributed by atoms with Crippen molar-refractivity contribution in [2.75, 3.05) is 11.9 Å². The van der Waals surface area contributed by atoms with Crippen LogP contribution in [0.5, 0.6) is 0 Å². The highest BCUT2D eigenvalue weighted by Crippen LogP contribution is 2.22. The van der Waals surface area contributed by atoms with Crippen molar-refractivity contribution in [3.63, 3.8) is 0 Å². The lowest BCUT2D eigenvalue weighted by atomic mass is 9.89. The van der Waals surface area contributed by atoms with Crippen molar-refractivity contribution in [1.29, 1.82) is 0 Å². The number of ketones is 1. The molecule has 0 radical (unpaired) electrons. The van der Waals surface area contributed by atoms with Gasteiger partial charge >= 0.3 is 18.0 Å². The minimum Gasteiger partial charge on any atom is -0.461 e. The number of nitrogens with zero attached hydrogens (tertiary/aromatic N) is 1. The number of amides is 6. The Balaban J connectivity index is 1.96. The van der Waals surface area contributed by atoms with Crippen LogP contribution in [-0.2, 0) is 49.7 Å². The van der Waals surface area contributed by atoms with E-state index in [2.05, 4.69) is 16.0 Å². The normalized spacial score (nSPS) is 14.2. The van der Waals surface area contributed by atoms with Crippen LogP contribution in [0.1, 0.15) is 104 Å². The fourth-order valence-electron chi connectivity index (χ4n) is 4.96. The summed E-state index contributed by atoms with van der Waals surface area (Å²) in [6.45, 7) is 9.93. The number of carbonyl (C=O) groups excluding carboxylic acids is 8. The Morgan fingerprint density at radius 1 is 0.900 bits per heavy atom. The number of rotatable bonds is 20. The Morgan fingerprint density at radius 3 is 2.12 bits per heavy atom. The van der Waals surface area contributed by atoms with Crippen LogP contribution in [0.25, 0.3) is 0 Å². The molecule has 6 amide bonds. The molecule has 1 aliphatic heterocycles. The molecule has 2 rings (SSSR count). The summed E-state index contributed by atoms with van der Waals surface area (Å²) < 4.78 is 5.35. The fraction of sp³-hybridized carbons (Fsp3) is 0.600. The molecule has 1 heterocycles. The molecule has 15 heteroatoms. The number of nitrogens with one attached hydrogen (secondary N) is 3. The number of benzene rings is 1. The number of hydroxylamine groups is 2. The number of hydrogen-bond acceptors (Lipinski definition) is 10. The second-order valence-corrected chi connectivity index (χ2v) is 13.9. The van der Waals surface area contributed by atoms with E-state index in [4.69, 9.17) is 15.3 Å². The van der Waals surface area contributed by atoms with Gasteiger partial charge in [0.1, 0.15) is 6.61 Å². The Bertz CT molecular complexity index is 1370. The molecule has 2 atom stereocenters. The smallest absolute Gasteiger partial charge is 0.333 e. The molecular formula is C35H51N5O10. The molecule has 1 fully saturated rings. The van der Waals surface area contributed by atoms with Crippen molar-refractivity contribution in [2.24, 2.45) is 23.0 Å². The van der Waals surface area contributed by atoms with Crippen molar-refractivity contribution < 1.29 is 47.9 Å². The molecule has 5 N–H and O–H groups in total. The summed E-state index contributed by atoms with van der Waals surface area (Å²) in [6.07, 6.45) is 1.06. The summed E-state index contributed by atoms with van der Waals surface area (Å²) in [5.74, 6) is -4.74. The largest absolute Gasteiger partial charge is 0.461 e. The Hall–Kier alpha value is -4.82. The molecule has 1 aromatic carbocycles. The van der Waals surface area contributed by atoms with Gasteiger partial charge in [-0.15, -0.1) is 5.06 Å². The fourth-order valence-corrected chi connectivity index (χ4v) is 4.96. The average molecular weight is 702 g/mol. The zero-order chi connectivity index (χ0) is 37.4. The second-order valence-electron chi connectivity index (χ2n) is 13.9. The molecule has 15 nitrogen and oxygen atoms in total. The maximum absolute atomic E-state index is 13.5. The average Bonchev–Trinajstić information content (AvgIpc) is 3.35. The molecule has 1 aliphatic rings. The molecule has 1 aromatic rings. The first kappa shape index (κ1) is 41.4. The Labute approximate surface area is 292 Å². The number of carbonyl (C=O) groups is 8. The molecule has 0 aliphatic carbocycles. The maximum Gasteiger partial charge on any atom is 0.333 e. The van der Waals surface area contributed by atoms with Crippen LogP contribution >= 0.6 is 0 Å². The summed E-state index contributed by atoms with van der Waals surface area (Å²) in [7, 11) is 0. The van der Waals surface area contributed by atoms with Crippen LogP contribution in [0.2, 0.25) is 0 Å². The van der Waals surface area contributed by atoms with E-state index in [1.165, 1.54) is 0 Å². The number of hydrogen-bond donors (Lipinski definition) is 4. The van der Waals surface area contributed by atoms with Gasteiger partial charge < -0.3 is 31.3 Å². The molecule has 1 saturated heterocycles. The van der Waals surface area contributed by atoms with Gasteiger partial charge in [-0.05, 0) is 54.7 Å². The third kappa shape index (κ3) is 15.6. The van der Waals surface area contributed by atoms with Crippen LogP contribution in [0.15, 0.2) is 24.3 Å². The van der Waals surface area contributed by atoms with E-state index in [0.717, 1.165) is 5.56 Å². The third-order valence-electron chi connectivity index (χ3n) is 7.86. The van der Waals surface area contributed by atoms with Crippen molar-refractivity contribution in [1.82, 2.24) is 15.7 Å². The van der Waals surface area contributed by atoms with Crippen molar-refractivity contribution in [2.45, 2.75) is 111 Å². The quantitative estimate of drug-likeness (QED) is 0.0881.